The average Bonchev–Trinajstić information content (AvgIpc) is 2.56. The van der Waals surface area contributed by atoms with Gasteiger partial charge in [0.25, 0.3) is 5.91 Å². The van der Waals surface area contributed by atoms with Gasteiger partial charge in [-0.05, 0) is 43.5 Å². The van der Waals surface area contributed by atoms with Crippen LogP contribution in [0.1, 0.15) is 31.7 Å². The number of aryl methyl sites for hydroxylation is 1. The van der Waals surface area contributed by atoms with Crippen LogP contribution in [0.3, 0.4) is 0 Å². The van der Waals surface area contributed by atoms with E-state index in [4.69, 9.17) is 16.3 Å². The first kappa shape index (κ1) is 19.0. The summed E-state index contributed by atoms with van der Waals surface area (Å²) in [6.45, 7) is 4.54. The van der Waals surface area contributed by atoms with Gasteiger partial charge in [0.05, 0.1) is 12.7 Å². The molecule has 1 amide bonds. The Labute approximate surface area is 148 Å². The minimum absolute atomic E-state index is 0.0633. The Morgan fingerprint density at radius 1 is 1.50 bits per heavy atom. The summed E-state index contributed by atoms with van der Waals surface area (Å²) in [6, 6.07) is 5.26. The molecule has 0 saturated carbocycles. The van der Waals surface area contributed by atoms with E-state index in [2.05, 4.69) is 0 Å². The molecule has 2 N–H and O–H groups in total. The van der Waals surface area contributed by atoms with E-state index in [1.807, 2.05) is 13.8 Å². The SMILES string of the molecule is CCC[C@@]1(CO)CN(C(=O)COc2ccc(Cl)cc2C)CC[C@@H]1O. The molecule has 1 aliphatic rings. The summed E-state index contributed by atoms with van der Waals surface area (Å²) in [5.74, 6) is 0.497. The van der Waals surface area contributed by atoms with Gasteiger partial charge in [0, 0.05) is 23.5 Å². The van der Waals surface area contributed by atoms with Crippen molar-refractivity contribution < 1.29 is 19.7 Å². The van der Waals surface area contributed by atoms with Crippen LogP contribution in [-0.4, -0.2) is 53.4 Å². The molecule has 0 unspecified atom stereocenters. The first-order valence-corrected chi connectivity index (χ1v) is 8.75. The lowest BCUT2D eigenvalue weighted by molar-refractivity contribution is -0.144. The molecule has 24 heavy (non-hydrogen) atoms. The first-order valence-electron chi connectivity index (χ1n) is 8.37. The Bertz CT molecular complexity index is 580. The molecule has 0 spiro atoms. The van der Waals surface area contributed by atoms with Crippen LogP contribution in [0.5, 0.6) is 5.75 Å². The third-order valence-electron chi connectivity index (χ3n) is 4.79. The number of likely N-dealkylation sites (tertiary alicyclic amines) is 1. The molecule has 0 aromatic heterocycles. The number of aliphatic hydroxyl groups excluding tert-OH is 2. The van der Waals surface area contributed by atoms with Crippen molar-refractivity contribution >= 4 is 17.5 Å². The van der Waals surface area contributed by atoms with Crippen molar-refractivity contribution in [2.75, 3.05) is 26.3 Å². The van der Waals surface area contributed by atoms with Crippen LogP contribution in [-0.2, 0) is 4.79 Å². The van der Waals surface area contributed by atoms with Crippen molar-refractivity contribution in [2.45, 2.75) is 39.2 Å². The maximum atomic E-state index is 12.5. The maximum Gasteiger partial charge on any atom is 0.260 e. The Kier molecular flexibility index (Phi) is 6.49. The number of carbonyl (C=O) groups excluding carboxylic acids is 1. The van der Waals surface area contributed by atoms with Crippen LogP contribution in [0.2, 0.25) is 5.02 Å². The maximum absolute atomic E-state index is 12.5. The fourth-order valence-corrected chi connectivity index (χ4v) is 3.57. The van der Waals surface area contributed by atoms with Crippen molar-refractivity contribution in [1.82, 2.24) is 4.90 Å². The number of hydrogen-bond donors (Lipinski definition) is 2. The highest BCUT2D eigenvalue weighted by atomic mass is 35.5. The molecule has 0 aliphatic carbocycles. The second-order valence-electron chi connectivity index (χ2n) is 6.59. The normalized spacial score (nSPS) is 24.0. The minimum Gasteiger partial charge on any atom is -0.483 e. The first-order chi connectivity index (χ1) is 11.4. The molecule has 1 aromatic rings. The number of amides is 1. The summed E-state index contributed by atoms with van der Waals surface area (Å²) in [6.07, 6.45) is 1.43. The minimum atomic E-state index is -0.626. The lowest BCUT2D eigenvalue weighted by Gasteiger charge is -2.45. The summed E-state index contributed by atoms with van der Waals surface area (Å²) in [5.41, 5.74) is 0.249. The largest absolute Gasteiger partial charge is 0.483 e. The average molecular weight is 356 g/mol. The molecular weight excluding hydrogens is 330 g/mol. The summed E-state index contributed by atoms with van der Waals surface area (Å²) in [5, 5.41) is 20.7. The molecule has 6 heteroatoms. The third-order valence-corrected chi connectivity index (χ3v) is 5.02. The number of aliphatic hydroxyl groups is 2. The summed E-state index contributed by atoms with van der Waals surface area (Å²) in [4.78, 5) is 14.2. The van der Waals surface area contributed by atoms with Crippen LogP contribution in [0.4, 0.5) is 0 Å². The highest BCUT2D eigenvalue weighted by molar-refractivity contribution is 6.30. The molecule has 134 valence electrons. The van der Waals surface area contributed by atoms with Gasteiger partial charge in [-0.15, -0.1) is 0 Å². The Hall–Kier alpha value is -1.30. The molecule has 1 heterocycles. The van der Waals surface area contributed by atoms with Crippen molar-refractivity contribution in [1.29, 1.82) is 0 Å². The van der Waals surface area contributed by atoms with E-state index in [1.54, 1.807) is 23.1 Å². The highest BCUT2D eigenvalue weighted by Crippen LogP contribution is 2.34. The van der Waals surface area contributed by atoms with Crippen LogP contribution in [0.25, 0.3) is 0 Å². The number of nitrogens with zero attached hydrogens (tertiary/aromatic N) is 1. The number of piperidine rings is 1. The van der Waals surface area contributed by atoms with Crippen LogP contribution in [0.15, 0.2) is 18.2 Å². The molecule has 1 aromatic carbocycles. The van der Waals surface area contributed by atoms with Crippen LogP contribution in [0, 0.1) is 12.3 Å². The van der Waals surface area contributed by atoms with Gasteiger partial charge in [-0.2, -0.15) is 0 Å². The number of ether oxygens (including phenoxy) is 1. The van der Waals surface area contributed by atoms with Gasteiger partial charge in [-0.1, -0.05) is 24.9 Å². The van der Waals surface area contributed by atoms with Gasteiger partial charge >= 0.3 is 0 Å². The van der Waals surface area contributed by atoms with Crippen LogP contribution >= 0.6 is 11.6 Å². The standard InChI is InChI=1S/C18H26ClNO4/c1-3-7-18(12-21)11-20(8-6-16(18)22)17(23)10-24-15-5-4-14(19)9-13(15)2/h4-5,9,16,21-22H,3,6-8,10-12H2,1-2H3/t16-,18-/m0/s1. The zero-order valence-electron chi connectivity index (χ0n) is 14.3. The zero-order valence-corrected chi connectivity index (χ0v) is 15.1. The lowest BCUT2D eigenvalue weighted by atomic mass is 9.74. The smallest absolute Gasteiger partial charge is 0.260 e. The molecule has 1 saturated heterocycles. The fraction of sp³-hybridized carbons (Fsp3) is 0.611. The zero-order chi connectivity index (χ0) is 17.7. The summed E-state index contributed by atoms with van der Waals surface area (Å²) in [7, 11) is 0. The molecule has 2 rings (SSSR count). The molecule has 2 atom stereocenters. The van der Waals surface area contributed by atoms with Crippen molar-refractivity contribution in [3.63, 3.8) is 0 Å². The second-order valence-corrected chi connectivity index (χ2v) is 7.03. The van der Waals surface area contributed by atoms with E-state index in [1.165, 1.54) is 0 Å². The molecule has 5 nitrogen and oxygen atoms in total. The van der Waals surface area contributed by atoms with Crippen molar-refractivity contribution in [3.8, 4) is 5.75 Å². The van der Waals surface area contributed by atoms with E-state index in [0.29, 0.717) is 36.7 Å². The topological polar surface area (TPSA) is 70.0 Å². The number of rotatable bonds is 6. The number of hydrogen-bond acceptors (Lipinski definition) is 4. The van der Waals surface area contributed by atoms with Gasteiger partial charge in [0.15, 0.2) is 6.61 Å². The Morgan fingerprint density at radius 3 is 2.88 bits per heavy atom. The monoisotopic (exact) mass is 355 g/mol. The number of benzene rings is 1. The molecule has 0 radical (unpaired) electrons. The third kappa shape index (κ3) is 4.21. The number of carbonyl (C=O) groups is 1. The summed E-state index contributed by atoms with van der Waals surface area (Å²) >= 11 is 5.91. The summed E-state index contributed by atoms with van der Waals surface area (Å²) < 4.78 is 5.62. The van der Waals surface area contributed by atoms with E-state index in [-0.39, 0.29) is 19.1 Å². The van der Waals surface area contributed by atoms with Gasteiger partial charge in [-0.25, -0.2) is 0 Å². The van der Waals surface area contributed by atoms with Crippen LogP contribution < -0.4 is 4.74 Å². The molecule has 1 aliphatic heterocycles. The quantitative estimate of drug-likeness (QED) is 0.822. The predicted molar refractivity (Wildman–Crippen MR) is 93.3 cm³/mol. The fourth-order valence-electron chi connectivity index (χ4n) is 3.35. The van der Waals surface area contributed by atoms with E-state index in [0.717, 1.165) is 12.0 Å². The molecule has 0 bridgehead atoms. The van der Waals surface area contributed by atoms with Gasteiger partial charge in [-0.3, -0.25) is 4.79 Å². The Balaban J connectivity index is 1.99. The van der Waals surface area contributed by atoms with E-state index in [9.17, 15) is 15.0 Å². The van der Waals surface area contributed by atoms with Crippen molar-refractivity contribution in [2.24, 2.45) is 5.41 Å². The predicted octanol–water partition coefficient (Wildman–Crippen LogP) is 2.40. The Morgan fingerprint density at radius 2 is 2.25 bits per heavy atom. The number of halogens is 1. The highest BCUT2D eigenvalue weighted by Gasteiger charge is 2.42. The second kappa shape index (κ2) is 8.19. The lowest BCUT2D eigenvalue weighted by Crippen LogP contribution is -2.56. The molecule has 1 fully saturated rings. The molecular formula is C18H26ClNO4. The van der Waals surface area contributed by atoms with Gasteiger partial charge in [0.1, 0.15) is 5.75 Å². The van der Waals surface area contributed by atoms with E-state index < -0.39 is 11.5 Å². The van der Waals surface area contributed by atoms with Gasteiger partial charge < -0.3 is 19.8 Å². The van der Waals surface area contributed by atoms with Gasteiger partial charge in [0.2, 0.25) is 0 Å². The van der Waals surface area contributed by atoms with E-state index >= 15 is 0 Å². The van der Waals surface area contributed by atoms with Crippen molar-refractivity contribution in [3.05, 3.63) is 28.8 Å².